The third kappa shape index (κ3) is 2.38. The van der Waals surface area contributed by atoms with Gasteiger partial charge in [-0.2, -0.15) is 0 Å². The fourth-order valence-electron chi connectivity index (χ4n) is 2.05. The van der Waals surface area contributed by atoms with Crippen molar-refractivity contribution in [3.05, 3.63) is 41.5 Å². The smallest absolute Gasteiger partial charge is 0.121 e. The zero-order valence-corrected chi connectivity index (χ0v) is 11.1. The Hall–Kier alpha value is -1.81. The lowest BCUT2D eigenvalue weighted by Gasteiger charge is -2.10. The van der Waals surface area contributed by atoms with E-state index in [1.165, 1.54) is 0 Å². The fraction of sp³-hybridized carbons (Fsp3) is 0.357. The topological polar surface area (TPSA) is 53.1 Å². The van der Waals surface area contributed by atoms with Crippen LogP contribution in [0.1, 0.15) is 17.2 Å². The first-order valence-corrected chi connectivity index (χ1v) is 6.09. The summed E-state index contributed by atoms with van der Waals surface area (Å²) in [5, 5.41) is 0. The molecule has 4 heteroatoms. The van der Waals surface area contributed by atoms with Crippen molar-refractivity contribution in [3.63, 3.8) is 0 Å². The lowest BCUT2D eigenvalue weighted by Crippen LogP contribution is -2.10. The number of ether oxygens (including phenoxy) is 1. The van der Waals surface area contributed by atoms with E-state index in [2.05, 4.69) is 22.5 Å². The number of aryl methyl sites for hydroxylation is 2. The molecule has 0 unspecified atom stereocenters. The molecule has 0 spiro atoms. The van der Waals surface area contributed by atoms with Crippen molar-refractivity contribution in [2.75, 3.05) is 13.2 Å². The molecule has 0 saturated heterocycles. The van der Waals surface area contributed by atoms with Gasteiger partial charge < -0.3 is 15.0 Å². The first kappa shape index (κ1) is 12.6. The molecule has 2 rings (SSSR count). The first-order valence-electron chi connectivity index (χ1n) is 6.09. The molecular weight excluding hydrogens is 226 g/mol. The van der Waals surface area contributed by atoms with E-state index in [1.54, 1.807) is 0 Å². The van der Waals surface area contributed by atoms with E-state index in [9.17, 15) is 0 Å². The number of hydrogen-bond donors (Lipinski definition) is 1. The number of nitrogens with zero attached hydrogens (tertiary/aromatic N) is 2. The van der Waals surface area contributed by atoms with Gasteiger partial charge in [-0.05, 0) is 32.9 Å². The number of rotatable bonds is 4. The summed E-state index contributed by atoms with van der Waals surface area (Å²) in [5.74, 6) is 1.82. The molecule has 96 valence electrons. The zero-order chi connectivity index (χ0) is 13.1. The summed E-state index contributed by atoms with van der Waals surface area (Å²) in [6.07, 6.45) is 0. The van der Waals surface area contributed by atoms with Gasteiger partial charge in [0.1, 0.15) is 18.2 Å². The quantitative estimate of drug-likeness (QED) is 0.897. The molecule has 1 aromatic carbocycles. The molecule has 1 heterocycles. The monoisotopic (exact) mass is 245 g/mol. The van der Waals surface area contributed by atoms with Gasteiger partial charge in [-0.1, -0.05) is 6.07 Å². The van der Waals surface area contributed by atoms with E-state index in [0.29, 0.717) is 13.2 Å². The highest BCUT2D eigenvalue weighted by molar-refractivity contribution is 5.42. The van der Waals surface area contributed by atoms with Gasteiger partial charge >= 0.3 is 0 Å². The Bertz CT molecular complexity index is 546. The predicted octanol–water partition coefficient (Wildman–Crippen LogP) is 2.14. The summed E-state index contributed by atoms with van der Waals surface area (Å²) in [5.41, 5.74) is 8.72. The highest BCUT2D eigenvalue weighted by Gasteiger charge is 2.09. The van der Waals surface area contributed by atoms with Crippen LogP contribution >= 0.6 is 0 Å². The predicted molar refractivity (Wildman–Crippen MR) is 72.3 cm³/mol. The second-order valence-corrected chi connectivity index (χ2v) is 4.30. The summed E-state index contributed by atoms with van der Waals surface area (Å²) in [4.78, 5) is 4.48. The Labute approximate surface area is 107 Å². The summed E-state index contributed by atoms with van der Waals surface area (Å²) >= 11 is 0. The zero-order valence-electron chi connectivity index (χ0n) is 11.1. The summed E-state index contributed by atoms with van der Waals surface area (Å²) < 4.78 is 7.67. The maximum atomic E-state index is 5.55. The molecule has 0 radical (unpaired) electrons. The molecule has 1 aromatic heterocycles. The van der Waals surface area contributed by atoms with Gasteiger partial charge in [0, 0.05) is 18.3 Å². The largest absolute Gasteiger partial charge is 0.492 e. The molecular formula is C14H19N3O. The molecule has 0 amide bonds. The van der Waals surface area contributed by atoms with Crippen molar-refractivity contribution in [1.29, 1.82) is 0 Å². The average molecular weight is 245 g/mol. The van der Waals surface area contributed by atoms with Gasteiger partial charge in [0.15, 0.2) is 0 Å². The van der Waals surface area contributed by atoms with Gasteiger partial charge in [0.25, 0.3) is 0 Å². The van der Waals surface area contributed by atoms with Gasteiger partial charge in [0.05, 0.1) is 11.4 Å². The third-order valence-electron chi connectivity index (χ3n) is 2.97. The van der Waals surface area contributed by atoms with E-state index >= 15 is 0 Å². The van der Waals surface area contributed by atoms with Crippen molar-refractivity contribution in [2.45, 2.75) is 20.8 Å². The molecule has 0 aliphatic heterocycles. The minimum atomic E-state index is 0.520. The molecule has 18 heavy (non-hydrogen) atoms. The number of benzene rings is 1. The molecule has 2 aromatic rings. The van der Waals surface area contributed by atoms with Crippen LogP contribution in [0.4, 0.5) is 0 Å². The molecule has 0 saturated carbocycles. The Balaban J connectivity index is 2.38. The van der Waals surface area contributed by atoms with Crippen LogP contribution in [0.5, 0.6) is 5.75 Å². The lowest BCUT2D eigenvalue weighted by atomic mass is 10.2. The van der Waals surface area contributed by atoms with Crippen LogP contribution in [0, 0.1) is 20.8 Å². The highest BCUT2D eigenvalue weighted by atomic mass is 16.5. The van der Waals surface area contributed by atoms with Crippen LogP contribution in [-0.4, -0.2) is 22.7 Å². The van der Waals surface area contributed by atoms with Crippen LogP contribution in [0.25, 0.3) is 5.69 Å². The van der Waals surface area contributed by atoms with Gasteiger partial charge in [-0.15, -0.1) is 0 Å². The second-order valence-electron chi connectivity index (χ2n) is 4.30. The maximum Gasteiger partial charge on any atom is 0.121 e. The van der Waals surface area contributed by atoms with Crippen molar-refractivity contribution < 1.29 is 4.74 Å². The van der Waals surface area contributed by atoms with E-state index in [1.807, 2.05) is 32.0 Å². The minimum absolute atomic E-state index is 0.520. The van der Waals surface area contributed by atoms with Crippen LogP contribution in [0.2, 0.25) is 0 Å². The van der Waals surface area contributed by atoms with Gasteiger partial charge in [0.2, 0.25) is 0 Å². The normalized spacial score (nSPS) is 10.7. The minimum Gasteiger partial charge on any atom is -0.492 e. The molecule has 0 aliphatic rings. The lowest BCUT2D eigenvalue weighted by molar-refractivity contribution is 0.328. The van der Waals surface area contributed by atoms with Crippen LogP contribution in [-0.2, 0) is 0 Å². The molecule has 0 bridgehead atoms. The Kier molecular flexibility index (Phi) is 3.67. The highest BCUT2D eigenvalue weighted by Crippen LogP contribution is 2.21. The number of imidazole rings is 1. The summed E-state index contributed by atoms with van der Waals surface area (Å²) in [6.45, 7) is 7.15. The maximum absolute atomic E-state index is 5.55. The van der Waals surface area contributed by atoms with E-state index in [-0.39, 0.29) is 0 Å². The molecule has 0 aliphatic carbocycles. The average Bonchev–Trinajstić information content (AvgIpc) is 2.61. The van der Waals surface area contributed by atoms with Gasteiger partial charge in [-0.3, -0.25) is 0 Å². The standard InChI is InChI=1S/C14H19N3O/c1-10-11(2)17(12(3)16-10)13-5-4-6-14(9-13)18-8-7-15/h4-6,9H,7-8,15H2,1-3H3. The Morgan fingerprint density at radius 2 is 2.06 bits per heavy atom. The molecule has 0 atom stereocenters. The van der Waals surface area contributed by atoms with E-state index in [4.69, 9.17) is 10.5 Å². The number of nitrogens with two attached hydrogens (primary N) is 1. The van der Waals surface area contributed by atoms with Crippen molar-refractivity contribution in [3.8, 4) is 11.4 Å². The van der Waals surface area contributed by atoms with E-state index in [0.717, 1.165) is 28.6 Å². The van der Waals surface area contributed by atoms with Crippen molar-refractivity contribution >= 4 is 0 Å². The van der Waals surface area contributed by atoms with Crippen LogP contribution in [0.15, 0.2) is 24.3 Å². The van der Waals surface area contributed by atoms with E-state index < -0.39 is 0 Å². The Morgan fingerprint density at radius 1 is 1.28 bits per heavy atom. The SMILES string of the molecule is Cc1nc(C)n(-c2cccc(OCCN)c2)c1C. The van der Waals surface area contributed by atoms with Crippen LogP contribution in [0.3, 0.4) is 0 Å². The molecule has 4 nitrogen and oxygen atoms in total. The summed E-state index contributed by atoms with van der Waals surface area (Å²) in [6, 6.07) is 7.98. The van der Waals surface area contributed by atoms with Crippen LogP contribution < -0.4 is 10.5 Å². The van der Waals surface area contributed by atoms with Gasteiger partial charge in [-0.25, -0.2) is 4.98 Å². The fourth-order valence-corrected chi connectivity index (χ4v) is 2.05. The Morgan fingerprint density at radius 3 is 2.67 bits per heavy atom. The van der Waals surface area contributed by atoms with Crippen molar-refractivity contribution in [2.24, 2.45) is 5.73 Å². The summed E-state index contributed by atoms with van der Waals surface area (Å²) in [7, 11) is 0. The molecule has 0 fully saturated rings. The first-order chi connectivity index (χ1) is 8.63. The number of hydrogen-bond acceptors (Lipinski definition) is 3. The second kappa shape index (κ2) is 5.23. The van der Waals surface area contributed by atoms with Crippen molar-refractivity contribution in [1.82, 2.24) is 9.55 Å². The third-order valence-corrected chi connectivity index (χ3v) is 2.97. The molecule has 2 N–H and O–H groups in total. The number of aromatic nitrogens is 2.